The van der Waals surface area contributed by atoms with Crippen LogP contribution in [0.5, 0.6) is 5.75 Å². The van der Waals surface area contributed by atoms with Crippen LogP contribution in [0.15, 0.2) is 29.6 Å². The van der Waals surface area contributed by atoms with E-state index in [1.165, 1.54) is 24.5 Å². The second-order valence-corrected chi connectivity index (χ2v) is 9.01. The number of halogens is 1. The lowest BCUT2D eigenvalue weighted by atomic mass is 10.1. The van der Waals surface area contributed by atoms with Crippen molar-refractivity contribution in [1.29, 1.82) is 0 Å². The zero-order valence-electron chi connectivity index (χ0n) is 16.8. The Labute approximate surface area is 172 Å². The van der Waals surface area contributed by atoms with Crippen LogP contribution in [0.4, 0.5) is 9.52 Å². The van der Waals surface area contributed by atoms with E-state index < -0.39 is 5.82 Å². The smallest absolute Gasteiger partial charge is 0.275 e. The van der Waals surface area contributed by atoms with Gasteiger partial charge in [-0.1, -0.05) is 0 Å². The van der Waals surface area contributed by atoms with Crippen molar-refractivity contribution in [1.82, 2.24) is 14.8 Å². The minimum absolute atomic E-state index is 0.180. The third kappa shape index (κ3) is 4.03. The Morgan fingerprint density at radius 2 is 2.07 bits per heavy atom. The van der Waals surface area contributed by atoms with E-state index in [0.717, 1.165) is 18.5 Å². The van der Waals surface area contributed by atoms with Crippen LogP contribution in [0, 0.1) is 5.82 Å². The van der Waals surface area contributed by atoms with Gasteiger partial charge >= 0.3 is 0 Å². The molecule has 2 aromatic heterocycles. The predicted molar refractivity (Wildman–Crippen MR) is 111 cm³/mol. The lowest BCUT2D eigenvalue weighted by molar-refractivity contribution is 0.100. The molecule has 0 aliphatic heterocycles. The molecule has 0 bridgehead atoms. The van der Waals surface area contributed by atoms with Crippen molar-refractivity contribution in [3.63, 3.8) is 0 Å². The van der Waals surface area contributed by atoms with Gasteiger partial charge in [0.25, 0.3) is 5.91 Å². The minimum Gasteiger partial charge on any atom is -0.494 e. The van der Waals surface area contributed by atoms with Gasteiger partial charge in [0, 0.05) is 16.9 Å². The average Bonchev–Trinajstić information content (AvgIpc) is 3.23. The van der Waals surface area contributed by atoms with E-state index in [4.69, 9.17) is 4.74 Å². The van der Waals surface area contributed by atoms with Gasteiger partial charge < -0.3 is 4.74 Å². The van der Waals surface area contributed by atoms with Crippen molar-refractivity contribution < 1.29 is 13.9 Å². The lowest BCUT2D eigenvalue weighted by Crippen LogP contribution is -2.29. The van der Waals surface area contributed by atoms with E-state index in [1.807, 2.05) is 26.8 Å². The fourth-order valence-corrected chi connectivity index (χ4v) is 3.82. The first kappa shape index (κ1) is 19.6. The number of anilines is 1. The molecule has 1 aromatic carbocycles. The third-order valence-electron chi connectivity index (χ3n) is 4.76. The topological polar surface area (TPSA) is 69.0 Å². The number of carbonyl (C=O) groups excluding carboxylic acids is 1. The van der Waals surface area contributed by atoms with Crippen LogP contribution >= 0.6 is 11.3 Å². The summed E-state index contributed by atoms with van der Waals surface area (Å²) in [6.45, 7) is 6.06. The number of benzene rings is 1. The van der Waals surface area contributed by atoms with Crippen molar-refractivity contribution in [2.75, 3.05) is 12.4 Å². The van der Waals surface area contributed by atoms with Gasteiger partial charge in [0.1, 0.15) is 5.69 Å². The lowest BCUT2D eigenvalue weighted by Gasteiger charge is -2.21. The number of hydrogen-bond donors (Lipinski definition) is 1. The zero-order chi connectivity index (χ0) is 20.8. The number of hydrogen-bond acceptors (Lipinski definition) is 5. The number of nitrogens with zero attached hydrogens (tertiary/aromatic N) is 3. The number of amides is 1. The van der Waals surface area contributed by atoms with Gasteiger partial charge in [-0.15, -0.1) is 11.3 Å². The van der Waals surface area contributed by atoms with Gasteiger partial charge in [-0.25, -0.2) is 9.37 Å². The first-order valence-corrected chi connectivity index (χ1v) is 10.4. The van der Waals surface area contributed by atoms with Crippen LogP contribution in [0.1, 0.15) is 55.7 Å². The molecule has 1 aliphatic carbocycles. The Morgan fingerprint density at radius 1 is 1.31 bits per heavy atom. The zero-order valence-corrected chi connectivity index (χ0v) is 17.6. The summed E-state index contributed by atoms with van der Waals surface area (Å²) in [5.41, 5.74) is 2.39. The monoisotopic (exact) mass is 414 g/mol. The predicted octanol–water partition coefficient (Wildman–Crippen LogP) is 5.04. The van der Waals surface area contributed by atoms with Crippen LogP contribution in [0.25, 0.3) is 11.3 Å². The Kier molecular flexibility index (Phi) is 4.90. The summed E-state index contributed by atoms with van der Waals surface area (Å²) in [5, 5.41) is 9.77. The minimum atomic E-state index is -0.453. The number of nitrogens with one attached hydrogen (secondary N) is 1. The summed E-state index contributed by atoms with van der Waals surface area (Å²) < 4.78 is 20.7. The van der Waals surface area contributed by atoms with Gasteiger partial charge in [0.15, 0.2) is 16.7 Å². The molecule has 8 heteroatoms. The normalized spacial score (nSPS) is 14.1. The van der Waals surface area contributed by atoms with E-state index in [1.54, 1.807) is 22.2 Å². The summed E-state index contributed by atoms with van der Waals surface area (Å²) in [5.74, 6) is -0.0626. The van der Waals surface area contributed by atoms with Gasteiger partial charge in [-0.05, 0) is 57.9 Å². The molecule has 1 N–H and O–H groups in total. The molecule has 1 amide bonds. The second kappa shape index (κ2) is 7.26. The van der Waals surface area contributed by atoms with Crippen molar-refractivity contribution in [3.05, 3.63) is 46.9 Å². The molecule has 1 saturated carbocycles. The molecular formula is C21H23FN4O2S. The van der Waals surface area contributed by atoms with Crippen LogP contribution in [0.2, 0.25) is 0 Å². The van der Waals surface area contributed by atoms with Crippen LogP contribution in [-0.2, 0) is 5.54 Å². The maximum absolute atomic E-state index is 14.0. The molecule has 2 heterocycles. The van der Waals surface area contributed by atoms with Gasteiger partial charge in [0.05, 0.1) is 24.0 Å². The van der Waals surface area contributed by atoms with Crippen molar-refractivity contribution >= 4 is 22.4 Å². The molecule has 6 nitrogen and oxygen atoms in total. The summed E-state index contributed by atoms with van der Waals surface area (Å²) >= 11 is 1.30. The highest BCUT2D eigenvalue weighted by molar-refractivity contribution is 7.14. The SMILES string of the molecule is COc1ccc(-c2csc(NC(=O)c3cc(C4CC4)nn3C(C)(C)C)n2)cc1F. The molecule has 4 rings (SSSR count). The summed E-state index contributed by atoms with van der Waals surface area (Å²) in [4.78, 5) is 17.4. The number of carbonyl (C=O) groups is 1. The quantitative estimate of drug-likeness (QED) is 0.635. The Hall–Kier alpha value is -2.74. The number of thiazole rings is 1. The molecular weight excluding hydrogens is 391 g/mol. The average molecular weight is 415 g/mol. The van der Waals surface area contributed by atoms with Gasteiger partial charge in [0.2, 0.25) is 0 Å². The standard InChI is InChI=1S/C21H23FN4O2S/c1-21(2,3)26-17(10-15(25-26)12-5-6-12)19(27)24-20-23-16(11-29-20)13-7-8-18(28-4)14(22)9-13/h7-12H,5-6H2,1-4H3,(H,23,24,27). The summed E-state index contributed by atoms with van der Waals surface area (Å²) in [6, 6.07) is 6.55. The Morgan fingerprint density at radius 3 is 2.69 bits per heavy atom. The van der Waals surface area contributed by atoms with Gasteiger partial charge in [-0.3, -0.25) is 14.8 Å². The Bertz CT molecular complexity index is 1060. The maximum atomic E-state index is 14.0. The molecule has 0 atom stereocenters. The van der Waals surface area contributed by atoms with E-state index in [0.29, 0.717) is 28.0 Å². The molecule has 152 valence electrons. The van der Waals surface area contributed by atoms with Crippen molar-refractivity contribution in [2.24, 2.45) is 0 Å². The van der Waals surface area contributed by atoms with E-state index >= 15 is 0 Å². The number of aromatic nitrogens is 3. The van der Waals surface area contributed by atoms with Crippen LogP contribution in [0.3, 0.4) is 0 Å². The fourth-order valence-electron chi connectivity index (χ4n) is 3.10. The number of rotatable bonds is 5. The van der Waals surface area contributed by atoms with Gasteiger partial charge in [-0.2, -0.15) is 5.10 Å². The molecule has 0 radical (unpaired) electrons. The third-order valence-corrected chi connectivity index (χ3v) is 5.52. The number of ether oxygens (including phenoxy) is 1. The highest BCUT2D eigenvalue weighted by Crippen LogP contribution is 2.40. The molecule has 0 unspecified atom stereocenters. The molecule has 29 heavy (non-hydrogen) atoms. The van der Waals surface area contributed by atoms with Crippen LogP contribution < -0.4 is 10.1 Å². The van der Waals surface area contributed by atoms with E-state index in [2.05, 4.69) is 15.4 Å². The van der Waals surface area contributed by atoms with Crippen LogP contribution in [-0.4, -0.2) is 27.8 Å². The van der Waals surface area contributed by atoms with Crippen molar-refractivity contribution in [2.45, 2.75) is 45.1 Å². The van der Waals surface area contributed by atoms with E-state index in [9.17, 15) is 9.18 Å². The first-order chi connectivity index (χ1) is 13.8. The molecule has 0 spiro atoms. The Balaban J connectivity index is 1.56. The number of methoxy groups -OCH3 is 1. The summed E-state index contributed by atoms with van der Waals surface area (Å²) in [7, 11) is 1.42. The largest absolute Gasteiger partial charge is 0.494 e. The van der Waals surface area contributed by atoms with E-state index in [-0.39, 0.29) is 17.2 Å². The second-order valence-electron chi connectivity index (χ2n) is 8.15. The van der Waals surface area contributed by atoms with Crippen molar-refractivity contribution in [3.8, 4) is 17.0 Å². The highest BCUT2D eigenvalue weighted by atomic mass is 32.1. The fraction of sp³-hybridized carbons (Fsp3) is 0.381. The molecule has 0 saturated heterocycles. The first-order valence-electron chi connectivity index (χ1n) is 9.47. The highest BCUT2D eigenvalue weighted by Gasteiger charge is 2.31. The molecule has 3 aromatic rings. The maximum Gasteiger partial charge on any atom is 0.275 e. The molecule has 1 aliphatic rings. The molecule has 1 fully saturated rings. The summed E-state index contributed by atoms with van der Waals surface area (Å²) in [6.07, 6.45) is 2.24.